The Labute approximate surface area is 107 Å². The molecule has 0 heterocycles. The molecular formula is C14H28O2Si. The molecule has 1 saturated carbocycles. The van der Waals surface area contributed by atoms with Crippen molar-refractivity contribution in [3.63, 3.8) is 0 Å². The third kappa shape index (κ3) is 3.92. The molecule has 0 aromatic carbocycles. The van der Waals surface area contributed by atoms with Gasteiger partial charge in [-0.3, -0.25) is 0 Å². The molecule has 0 saturated heterocycles. The second kappa shape index (κ2) is 5.66. The maximum Gasteiger partial charge on any atom is 0.191 e. The van der Waals surface area contributed by atoms with Crippen LogP contribution in [0.5, 0.6) is 0 Å². The van der Waals surface area contributed by atoms with Crippen LogP contribution in [0.1, 0.15) is 46.5 Å². The van der Waals surface area contributed by atoms with Crippen LogP contribution in [-0.2, 0) is 9.22 Å². The van der Waals surface area contributed by atoms with Crippen molar-refractivity contribution in [1.82, 2.24) is 0 Å². The lowest BCUT2D eigenvalue weighted by atomic mass is 9.81. The summed E-state index contributed by atoms with van der Waals surface area (Å²) in [5.41, 5.74) is 0. The minimum absolute atomic E-state index is 0.244. The van der Waals surface area contributed by atoms with E-state index in [9.17, 15) is 4.79 Å². The first-order valence-corrected chi connectivity index (χ1v) is 9.78. The number of hydrogen-bond donors (Lipinski definition) is 0. The summed E-state index contributed by atoms with van der Waals surface area (Å²) >= 11 is 0. The zero-order valence-corrected chi connectivity index (χ0v) is 13.1. The van der Waals surface area contributed by atoms with Gasteiger partial charge in [-0.2, -0.15) is 0 Å². The van der Waals surface area contributed by atoms with Gasteiger partial charge in [-0.1, -0.05) is 33.6 Å². The highest BCUT2D eigenvalue weighted by Gasteiger charge is 2.38. The summed E-state index contributed by atoms with van der Waals surface area (Å²) in [4.78, 5) is 11.0. The maximum atomic E-state index is 11.0. The van der Waals surface area contributed by atoms with Gasteiger partial charge in [-0.25, -0.2) is 0 Å². The molecular weight excluding hydrogens is 228 g/mol. The predicted octanol–water partition coefficient (Wildman–Crippen LogP) is 4.01. The Kier molecular flexibility index (Phi) is 4.96. The molecule has 0 unspecified atom stereocenters. The Morgan fingerprint density at radius 3 is 2.35 bits per heavy atom. The van der Waals surface area contributed by atoms with E-state index in [-0.39, 0.29) is 11.0 Å². The van der Waals surface area contributed by atoms with Crippen LogP contribution in [0.2, 0.25) is 18.1 Å². The first-order valence-electron chi connectivity index (χ1n) is 6.87. The van der Waals surface area contributed by atoms with Crippen molar-refractivity contribution in [3.05, 3.63) is 0 Å². The van der Waals surface area contributed by atoms with Crippen LogP contribution < -0.4 is 0 Å². The summed E-state index contributed by atoms with van der Waals surface area (Å²) in [6.07, 6.45) is 5.85. The molecule has 1 rings (SSSR count). The highest BCUT2D eigenvalue weighted by atomic mass is 28.4. The predicted molar refractivity (Wildman–Crippen MR) is 74.7 cm³/mol. The average molecular weight is 256 g/mol. The van der Waals surface area contributed by atoms with Crippen LogP contribution in [0.3, 0.4) is 0 Å². The van der Waals surface area contributed by atoms with E-state index in [1.807, 2.05) is 0 Å². The fourth-order valence-corrected chi connectivity index (χ4v) is 3.22. The van der Waals surface area contributed by atoms with Crippen LogP contribution >= 0.6 is 0 Å². The van der Waals surface area contributed by atoms with Gasteiger partial charge in [0.15, 0.2) is 8.32 Å². The summed E-state index contributed by atoms with van der Waals surface area (Å²) in [5.74, 6) is 0.712. The zero-order chi connectivity index (χ0) is 13.1. The Bertz CT molecular complexity index is 255. The molecule has 2 atom stereocenters. The van der Waals surface area contributed by atoms with E-state index in [4.69, 9.17) is 4.43 Å². The summed E-state index contributed by atoms with van der Waals surface area (Å²) < 4.78 is 6.25. The van der Waals surface area contributed by atoms with Crippen molar-refractivity contribution >= 4 is 14.6 Å². The van der Waals surface area contributed by atoms with Crippen LogP contribution in [0.25, 0.3) is 0 Å². The van der Waals surface area contributed by atoms with Crippen molar-refractivity contribution in [2.24, 2.45) is 11.8 Å². The van der Waals surface area contributed by atoms with Crippen LogP contribution in [0, 0.1) is 11.8 Å². The molecule has 0 aliphatic heterocycles. The Hall–Kier alpha value is -0.153. The van der Waals surface area contributed by atoms with Crippen molar-refractivity contribution in [2.75, 3.05) is 6.61 Å². The molecule has 0 amide bonds. The van der Waals surface area contributed by atoms with Gasteiger partial charge in [0.1, 0.15) is 6.29 Å². The number of carbonyl (C=O) groups excluding carboxylic acids is 1. The van der Waals surface area contributed by atoms with Gasteiger partial charge in [-0.15, -0.1) is 0 Å². The molecule has 3 heteroatoms. The third-order valence-electron chi connectivity index (χ3n) is 4.61. The Morgan fingerprint density at radius 1 is 1.24 bits per heavy atom. The number of carbonyl (C=O) groups is 1. The van der Waals surface area contributed by atoms with E-state index in [2.05, 4.69) is 33.9 Å². The van der Waals surface area contributed by atoms with Crippen LogP contribution in [0.4, 0.5) is 0 Å². The summed E-state index contributed by atoms with van der Waals surface area (Å²) in [5, 5.41) is 0.262. The Morgan fingerprint density at radius 2 is 1.82 bits per heavy atom. The monoisotopic (exact) mass is 256 g/mol. The van der Waals surface area contributed by atoms with E-state index in [0.29, 0.717) is 5.92 Å². The lowest BCUT2D eigenvalue weighted by Gasteiger charge is -2.38. The van der Waals surface area contributed by atoms with Crippen LogP contribution in [-0.4, -0.2) is 21.2 Å². The molecule has 17 heavy (non-hydrogen) atoms. The second-order valence-electron chi connectivity index (χ2n) is 6.92. The van der Waals surface area contributed by atoms with Gasteiger partial charge in [0, 0.05) is 12.5 Å². The molecule has 0 N–H and O–H groups in total. The number of hydrogen-bond acceptors (Lipinski definition) is 2. The van der Waals surface area contributed by atoms with Crippen LogP contribution in [0.15, 0.2) is 0 Å². The van der Waals surface area contributed by atoms with E-state index in [1.54, 1.807) is 0 Å². The molecule has 0 bridgehead atoms. The van der Waals surface area contributed by atoms with Gasteiger partial charge in [0.2, 0.25) is 0 Å². The summed E-state index contributed by atoms with van der Waals surface area (Å²) in [6, 6.07) is 0. The van der Waals surface area contributed by atoms with Crippen molar-refractivity contribution in [3.8, 4) is 0 Å². The fourth-order valence-electron chi connectivity index (χ4n) is 2.15. The van der Waals surface area contributed by atoms with Gasteiger partial charge in [0.25, 0.3) is 0 Å². The van der Waals surface area contributed by atoms with E-state index < -0.39 is 8.32 Å². The molecule has 1 fully saturated rings. The molecule has 1 aliphatic carbocycles. The molecule has 2 nitrogen and oxygen atoms in total. The highest BCUT2D eigenvalue weighted by Crippen LogP contribution is 2.38. The average Bonchev–Trinajstić information content (AvgIpc) is 2.25. The van der Waals surface area contributed by atoms with Crippen molar-refractivity contribution in [2.45, 2.75) is 64.6 Å². The fraction of sp³-hybridized carbons (Fsp3) is 0.929. The smallest absolute Gasteiger partial charge is 0.191 e. The maximum absolute atomic E-state index is 11.0. The zero-order valence-electron chi connectivity index (χ0n) is 12.1. The number of rotatable bonds is 4. The number of aldehydes is 1. The van der Waals surface area contributed by atoms with Gasteiger partial charge < -0.3 is 9.22 Å². The van der Waals surface area contributed by atoms with Gasteiger partial charge in [0.05, 0.1) is 0 Å². The largest absolute Gasteiger partial charge is 0.417 e. The normalized spacial score (nSPS) is 26.9. The topological polar surface area (TPSA) is 26.3 Å². The Balaban J connectivity index is 2.51. The SMILES string of the molecule is CC(C)(C)[Si](C)(C)OC[C@@H]1CCCC[C@H]1C=O. The minimum atomic E-state index is -1.65. The first kappa shape index (κ1) is 14.9. The summed E-state index contributed by atoms with van der Waals surface area (Å²) in [6.45, 7) is 12.1. The first-order chi connectivity index (χ1) is 7.78. The van der Waals surface area contributed by atoms with Crippen molar-refractivity contribution in [1.29, 1.82) is 0 Å². The quantitative estimate of drug-likeness (QED) is 0.561. The highest BCUT2D eigenvalue weighted by molar-refractivity contribution is 6.74. The standard InChI is InChI=1S/C14H28O2Si/c1-14(2,3)17(4,5)16-11-13-9-7-6-8-12(13)10-15/h10,12-13H,6-9,11H2,1-5H3/t12-,13-/m0/s1. The summed E-state index contributed by atoms with van der Waals surface area (Å²) in [7, 11) is -1.65. The van der Waals surface area contributed by atoms with E-state index >= 15 is 0 Å². The minimum Gasteiger partial charge on any atom is -0.417 e. The second-order valence-corrected chi connectivity index (χ2v) is 11.7. The lowest BCUT2D eigenvalue weighted by Crippen LogP contribution is -2.43. The molecule has 0 spiro atoms. The van der Waals surface area contributed by atoms with E-state index in [0.717, 1.165) is 25.7 Å². The molecule has 100 valence electrons. The molecule has 1 aliphatic rings. The molecule has 0 radical (unpaired) electrons. The molecule has 0 aromatic rings. The lowest BCUT2D eigenvalue weighted by molar-refractivity contribution is -0.114. The van der Waals surface area contributed by atoms with Gasteiger partial charge in [-0.05, 0) is 36.9 Å². The van der Waals surface area contributed by atoms with E-state index in [1.165, 1.54) is 12.8 Å². The van der Waals surface area contributed by atoms with Gasteiger partial charge >= 0.3 is 0 Å². The molecule has 0 aromatic heterocycles. The third-order valence-corrected chi connectivity index (χ3v) is 9.11. The van der Waals surface area contributed by atoms with Crippen molar-refractivity contribution < 1.29 is 9.22 Å².